The summed E-state index contributed by atoms with van der Waals surface area (Å²) in [5.41, 5.74) is 5.70. The maximum absolute atomic E-state index is 4.76. The summed E-state index contributed by atoms with van der Waals surface area (Å²) in [5, 5.41) is 3.37. The number of hydrogen-bond donors (Lipinski definition) is 1. The van der Waals surface area contributed by atoms with Crippen LogP contribution in [0.3, 0.4) is 0 Å². The third-order valence-corrected chi connectivity index (χ3v) is 4.39. The maximum Gasteiger partial charge on any atom is 0.229 e. The molecule has 26 heavy (non-hydrogen) atoms. The number of nitrogens with one attached hydrogen (secondary N) is 1. The van der Waals surface area contributed by atoms with E-state index in [2.05, 4.69) is 78.4 Å². The zero-order valence-corrected chi connectivity index (χ0v) is 16.0. The summed E-state index contributed by atoms with van der Waals surface area (Å²) in [7, 11) is 0. The lowest BCUT2D eigenvalue weighted by Crippen LogP contribution is -2.23. The second-order valence-corrected chi connectivity index (χ2v) is 6.63. The van der Waals surface area contributed by atoms with Gasteiger partial charge in [0, 0.05) is 30.5 Å². The Morgan fingerprint density at radius 3 is 2.38 bits per heavy atom. The molecule has 0 spiro atoms. The Kier molecular flexibility index (Phi) is 5.52. The molecule has 0 aliphatic carbocycles. The topological polar surface area (TPSA) is 41.1 Å². The standard InChI is InChI=1S/C22H26N4/c1-5-26(15-19-9-7-6-8-10-19)21-14-18(4)23-22(25-21)24-20-12-11-16(2)13-17(20)3/h6-14H,5,15H2,1-4H3,(H,23,24,25). The SMILES string of the molecule is CCN(Cc1ccccc1)c1cc(C)nc(Nc2ccc(C)cc2C)n1. The molecule has 0 unspecified atom stereocenters. The van der Waals surface area contributed by atoms with E-state index in [1.165, 1.54) is 16.7 Å². The van der Waals surface area contributed by atoms with Crippen LogP contribution in [0.2, 0.25) is 0 Å². The van der Waals surface area contributed by atoms with E-state index < -0.39 is 0 Å². The number of nitrogens with zero attached hydrogens (tertiary/aromatic N) is 3. The van der Waals surface area contributed by atoms with E-state index in [-0.39, 0.29) is 0 Å². The van der Waals surface area contributed by atoms with Gasteiger partial charge in [-0.1, -0.05) is 48.0 Å². The quantitative estimate of drug-likeness (QED) is 0.668. The third-order valence-electron chi connectivity index (χ3n) is 4.39. The Labute approximate surface area is 155 Å². The van der Waals surface area contributed by atoms with Crippen LogP contribution >= 0.6 is 0 Å². The van der Waals surface area contributed by atoms with E-state index in [0.717, 1.165) is 30.3 Å². The fourth-order valence-electron chi connectivity index (χ4n) is 3.00. The molecule has 1 heterocycles. The van der Waals surface area contributed by atoms with Gasteiger partial charge in [-0.15, -0.1) is 0 Å². The van der Waals surface area contributed by atoms with E-state index in [1.807, 2.05) is 19.1 Å². The van der Waals surface area contributed by atoms with Crippen LogP contribution in [0, 0.1) is 20.8 Å². The van der Waals surface area contributed by atoms with Crippen LogP contribution in [0.5, 0.6) is 0 Å². The van der Waals surface area contributed by atoms with Crippen LogP contribution in [0.4, 0.5) is 17.5 Å². The number of hydrogen-bond acceptors (Lipinski definition) is 4. The Hall–Kier alpha value is -2.88. The highest BCUT2D eigenvalue weighted by Gasteiger charge is 2.11. The third kappa shape index (κ3) is 4.39. The second-order valence-electron chi connectivity index (χ2n) is 6.63. The largest absolute Gasteiger partial charge is 0.352 e. The molecular weight excluding hydrogens is 320 g/mol. The van der Waals surface area contributed by atoms with Crippen LogP contribution in [0.25, 0.3) is 0 Å². The van der Waals surface area contributed by atoms with Crippen molar-refractivity contribution < 1.29 is 0 Å². The van der Waals surface area contributed by atoms with Gasteiger partial charge < -0.3 is 10.2 Å². The van der Waals surface area contributed by atoms with Gasteiger partial charge >= 0.3 is 0 Å². The summed E-state index contributed by atoms with van der Waals surface area (Å²) < 4.78 is 0. The minimum atomic E-state index is 0.637. The van der Waals surface area contributed by atoms with E-state index in [9.17, 15) is 0 Å². The molecule has 1 aromatic heterocycles. The van der Waals surface area contributed by atoms with Crippen molar-refractivity contribution in [2.45, 2.75) is 34.2 Å². The van der Waals surface area contributed by atoms with Crippen molar-refractivity contribution in [1.82, 2.24) is 9.97 Å². The van der Waals surface area contributed by atoms with E-state index >= 15 is 0 Å². The summed E-state index contributed by atoms with van der Waals surface area (Å²) in [6, 6.07) is 18.9. The minimum Gasteiger partial charge on any atom is -0.352 e. The van der Waals surface area contributed by atoms with Gasteiger partial charge in [-0.3, -0.25) is 0 Å². The Bertz CT molecular complexity index is 875. The molecule has 0 fully saturated rings. The lowest BCUT2D eigenvalue weighted by Gasteiger charge is -2.23. The van der Waals surface area contributed by atoms with Crippen LogP contribution in [0.1, 0.15) is 29.3 Å². The van der Waals surface area contributed by atoms with Crippen LogP contribution in [0.15, 0.2) is 54.6 Å². The fourth-order valence-corrected chi connectivity index (χ4v) is 3.00. The normalized spacial score (nSPS) is 10.6. The summed E-state index contributed by atoms with van der Waals surface area (Å²) in [6.07, 6.45) is 0. The number of aryl methyl sites for hydroxylation is 3. The lowest BCUT2D eigenvalue weighted by atomic mass is 10.1. The first-order chi connectivity index (χ1) is 12.5. The van der Waals surface area contributed by atoms with Gasteiger partial charge in [0.05, 0.1) is 0 Å². The van der Waals surface area contributed by atoms with Gasteiger partial charge in [0.2, 0.25) is 5.95 Å². The van der Waals surface area contributed by atoms with Crippen molar-refractivity contribution >= 4 is 17.5 Å². The predicted octanol–water partition coefficient (Wildman–Crippen LogP) is 5.17. The first-order valence-corrected chi connectivity index (χ1v) is 9.04. The molecule has 2 aromatic carbocycles. The molecule has 0 amide bonds. The summed E-state index contributed by atoms with van der Waals surface area (Å²) in [6.45, 7) is 10.1. The van der Waals surface area contributed by atoms with E-state index in [0.29, 0.717) is 5.95 Å². The highest BCUT2D eigenvalue weighted by molar-refractivity contribution is 5.60. The van der Waals surface area contributed by atoms with Crippen molar-refractivity contribution in [3.63, 3.8) is 0 Å². The maximum atomic E-state index is 4.76. The molecular formula is C22H26N4. The van der Waals surface area contributed by atoms with Crippen molar-refractivity contribution in [2.75, 3.05) is 16.8 Å². The molecule has 0 aliphatic rings. The molecule has 0 aliphatic heterocycles. The van der Waals surface area contributed by atoms with Crippen LogP contribution in [-0.2, 0) is 6.54 Å². The van der Waals surface area contributed by atoms with Crippen molar-refractivity contribution in [3.05, 3.63) is 77.0 Å². The van der Waals surface area contributed by atoms with Gasteiger partial charge in [-0.2, -0.15) is 4.98 Å². The number of benzene rings is 2. The van der Waals surface area contributed by atoms with Crippen LogP contribution < -0.4 is 10.2 Å². The number of anilines is 3. The van der Waals surface area contributed by atoms with E-state index in [4.69, 9.17) is 4.98 Å². The van der Waals surface area contributed by atoms with Gasteiger partial charge in [0.25, 0.3) is 0 Å². The first-order valence-electron chi connectivity index (χ1n) is 9.04. The predicted molar refractivity (Wildman–Crippen MR) is 109 cm³/mol. The Morgan fingerprint density at radius 2 is 1.69 bits per heavy atom. The average molecular weight is 346 g/mol. The van der Waals surface area contributed by atoms with Crippen LogP contribution in [-0.4, -0.2) is 16.5 Å². The number of aromatic nitrogens is 2. The average Bonchev–Trinajstić information content (AvgIpc) is 2.62. The summed E-state index contributed by atoms with van der Waals surface area (Å²) in [4.78, 5) is 11.6. The minimum absolute atomic E-state index is 0.637. The first kappa shape index (κ1) is 17.9. The van der Waals surface area contributed by atoms with Crippen molar-refractivity contribution in [3.8, 4) is 0 Å². The van der Waals surface area contributed by atoms with Gasteiger partial charge in [-0.25, -0.2) is 4.98 Å². The van der Waals surface area contributed by atoms with Gasteiger partial charge in [0.1, 0.15) is 5.82 Å². The zero-order chi connectivity index (χ0) is 18.5. The Morgan fingerprint density at radius 1 is 0.923 bits per heavy atom. The monoisotopic (exact) mass is 346 g/mol. The van der Waals surface area contributed by atoms with Crippen molar-refractivity contribution in [1.29, 1.82) is 0 Å². The number of rotatable bonds is 6. The van der Waals surface area contributed by atoms with E-state index in [1.54, 1.807) is 0 Å². The summed E-state index contributed by atoms with van der Waals surface area (Å²) in [5.74, 6) is 1.58. The molecule has 1 N–H and O–H groups in total. The smallest absolute Gasteiger partial charge is 0.229 e. The summed E-state index contributed by atoms with van der Waals surface area (Å²) >= 11 is 0. The molecule has 0 bridgehead atoms. The highest BCUT2D eigenvalue weighted by atomic mass is 15.2. The van der Waals surface area contributed by atoms with Gasteiger partial charge in [0.15, 0.2) is 0 Å². The molecule has 4 nitrogen and oxygen atoms in total. The highest BCUT2D eigenvalue weighted by Crippen LogP contribution is 2.22. The molecule has 0 saturated carbocycles. The molecule has 4 heteroatoms. The van der Waals surface area contributed by atoms with Gasteiger partial charge in [-0.05, 0) is 44.9 Å². The van der Waals surface area contributed by atoms with Crippen molar-refractivity contribution in [2.24, 2.45) is 0 Å². The molecule has 134 valence electrons. The second kappa shape index (κ2) is 8.00. The molecule has 0 atom stereocenters. The molecule has 0 saturated heterocycles. The lowest BCUT2D eigenvalue weighted by molar-refractivity contribution is 0.809. The molecule has 3 aromatic rings. The molecule has 3 rings (SSSR count). The fraction of sp³-hybridized carbons (Fsp3) is 0.273. The molecule has 0 radical (unpaired) electrons. The Balaban J connectivity index is 1.86. The zero-order valence-electron chi connectivity index (χ0n) is 16.0.